The Morgan fingerprint density at radius 2 is 2.00 bits per heavy atom. The Morgan fingerprint density at radius 3 is 2.67 bits per heavy atom. The summed E-state index contributed by atoms with van der Waals surface area (Å²) in [5, 5.41) is 0. The van der Waals surface area contributed by atoms with Gasteiger partial charge in [-0.05, 0) is 37.7 Å². The second-order valence-corrected chi connectivity index (χ2v) is 5.46. The molecule has 1 aromatic rings. The van der Waals surface area contributed by atoms with Crippen molar-refractivity contribution < 1.29 is 14.3 Å². The van der Waals surface area contributed by atoms with E-state index in [0.717, 1.165) is 44.6 Å². The summed E-state index contributed by atoms with van der Waals surface area (Å²) in [4.78, 5) is 13.9. The lowest BCUT2D eigenvalue weighted by molar-refractivity contribution is 0.0573. The van der Waals surface area contributed by atoms with E-state index >= 15 is 0 Å². The standard InChI is InChI=1S/C17H25NO3/c1-2-18(11-8-15-9-12-20-13-10-15)17(19)21-14-16-6-4-3-5-7-16/h3-7,15H,2,8-14H2,1H3. The molecule has 4 nitrogen and oxygen atoms in total. The molecule has 0 saturated carbocycles. The largest absolute Gasteiger partial charge is 0.445 e. The highest BCUT2D eigenvalue weighted by Gasteiger charge is 2.18. The van der Waals surface area contributed by atoms with Gasteiger partial charge in [0.25, 0.3) is 0 Å². The molecule has 1 fully saturated rings. The summed E-state index contributed by atoms with van der Waals surface area (Å²) < 4.78 is 10.7. The Balaban J connectivity index is 1.72. The van der Waals surface area contributed by atoms with Crippen LogP contribution in [0.15, 0.2) is 30.3 Å². The van der Waals surface area contributed by atoms with Gasteiger partial charge in [0.15, 0.2) is 0 Å². The van der Waals surface area contributed by atoms with E-state index in [1.165, 1.54) is 0 Å². The van der Waals surface area contributed by atoms with Crippen molar-refractivity contribution in [2.75, 3.05) is 26.3 Å². The molecule has 0 spiro atoms. The van der Waals surface area contributed by atoms with Crippen molar-refractivity contribution in [1.29, 1.82) is 0 Å². The molecule has 0 N–H and O–H groups in total. The Kier molecular flexibility index (Phi) is 6.54. The average molecular weight is 291 g/mol. The molecule has 0 unspecified atom stereocenters. The van der Waals surface area contributed by atoms with Crippen LogP contribution in [0.2, 0.25) is 0 Å². The van der Waals surface area contributed by atoms with E-state index in [2.05, 4.69) is 0 Å². The first-order valence-corrected chi connectivity index (χ1v) is 7.83. The molecule has 0 bridgehead atoms. The van der Waals surface area contributed by atoms with Crippen molar-refractivity contribution in [3.63, 3.8) is 0 Å². The van der Waals surface area contributed by atoms with E-state index in [0.29, 0.717) is 19.1 Å². The molecular formula is C17H25NO3. The van der Waals surface area contributed by atoms with E-state index in [1.807, 2.05) is 37.3 Å². The molecule has 0 aliphatic carbocycles. The van der Waals surface area contributed by atoms with Gasteiger partial charge in [-0.2, -0.15) is 0 Å². The lowest BCUT2D eigenvalue weighted by atomic mass is 9.96. The van der Waals surface area contributed by atoms with Crippen LogP contribution < -0.4 is 0 Å². The maximum absolute atomic E-state index is 12.1. The number of nitrogens with zero attached hydrogens (tertiary/aromatic N) is 1. The minimum absolute atomic E-state index is 0.214. The normalized spacial score (nSPS) is 15.7. The molecule has 1 saturated heterocycles. The van der Waals surface area contributed by atoms with Gasteiger partial charge >= 0.3 is 6.09 Å². The van der Waals surface area contributed by atoms with Gasteiger partial charge in [0.2, 0.25) is 0 Å². The van der Waals surface area contributed by atoms with Crippen molar-refractivity contribution in [1.82, 2.24) is 4.90 Å². The summed E-state index contributed by atoms with van der Waals surface area (Å²) >= 11 is 0. The summed E-state index contributed by atoms with van der Waals surface area (Å²) in [6, 6.07) is 9.78. The minimum Gasteiger partial charge on any atom is -0.445 e. The number of carbonyl (C=O) groups excluding carboxylic acids is 1. The van der Waals surface area contributed by atoms with Gasteiger partial charge in [-0.15, -0.1) is 0 Å². The maximum atomic E-state index is 12.1. The van der Waals surface area contributed by atoms with Gasteiger partial charge in [0.05, 0.1) is 0 Å². The van der Waals surface area contributed by atoms with Crippen LogP contribution in [0.1, 0.15) is 31.7 Å². The van der Waals surface area contributed by atoms with Crippen LogP contribution >= 0.6 is 0 Å². The molecule has 1 amide bonds. The second-order valence-electron chi connectivity index (χ2n) is 5.46. The van der Waals surface area contributed by atoms with Crippen molar-refractivity contribution in [2.24, 2.45) is 5.92 Å². The van der Waals surface area contributed by atoms with Gasteiger partial charge in [-0.3, -0.25) is 0 Å². The highest BCUT2D eigenvalue weighted by atomic mass is 16.6. The molecule has 0 atom stereocenters. The summed E-state index contributed by atoms with van der Waals surface area (Å²) in [6.45, 7) is 5.51. The van der Waals surface area contributed by atoms with Crippen LogP contribution in [0.3, 0.4) is 0 Å². The molecule has 21 heavy (non-hydrogen) atoms. The number of benzene rings is 1. The molecule has 0 radical (unpaired) electrons. The molecular weight excluding hydrogens is 266 g/mol. The first-order valence-electron chi connectivity index (χ1n) is 7.83. The van der Waals surface area contributed by atoms with Crippen molar-refractivity contribution in [3.8, 4) is 0 Å². The zero-order chi connectivity index (χ0) is 14.9. The average Bonchev–Trinajstić information content (AvgIpc) is 2.55. The lowest BCUT2D eigenvalue weighted by Crippen LogP contribution is -2.33. The zero-order valence-electron chi connectivity index (χ0n) is 12.8. The van der Waals surface area contributed by atoms with E-state index in [1.54, 1.807) is 4.90 Å². The van der Waals surface area contributed by atoms with E-state index in [4.69, 9.17) is 9.47 Å². The minimum atomic E-state index is -0.214. The van der Waals surface area contributed by atoms with Crippen LogP contribution in [0.25, 0.3) is 0 Å². The number of ether oxygens (including phenoxy) is 2. The third kappa shape index (κ3) is 5.38. The van der Waals surface area contributed by atoms with Crippen LogP contribution in [-0.2, 0) is 16.1 Å². The van der Waals surface area contributed by atoms with Gasteiger partial charge in [-0.1, -0.05) is 30.3 Å². The number of hydrogen-bond acceptors (Lipinski definition) is 3. The quantitative estimate of drug-likeness (QED) is 0.805. The fraction of sp³-hybridized carbons (Fsp3) is 0.588. The number of amides is 1. The molecule has 1 aliphatic rings. The molecule has 1 aromatic carbocycles. The third-order valence-electron chi connectivity index (χ3n) is 3.99. The predicted molar refractivity (Wildman–Crippen MR) is 82.0 cm³/mol. The first kappa shape index (κ1) is 15.8. The summed E-state index contributed by atoms with van der Waals surface area (Å²) in [7, 11) is 0. The van der Waals surface area contributed by atoms with E-state index in [9.17, 15) is 4.79 Å². The molecule has 1 aliphatic heterocycles. The van der Waals surface area contributed by atoms with Crippen molar-refractivity contribution >= 4 is 6.09 Å². The lowest BCUT2D eigenvalue weighted by Gasteiger charge is -2.26. The summed E-state index contributed by atoms with van der Waals surface area (Å²) in [6.07, 6.45) is 3.04. The van der Waals surface area contributed by atoms with Gasteiger partial charge in [-0.25, -0.2) is 4.79 Å². The second kappa shape index (κ2) is 8.67. The predicted octanol–water partition coefficient (Wildman–Crippen LogP) is 3.46. The Bertz CT molecular complexity index is 415. The number of carbonyl (C=O) groups is 1. The smallest absolute Gasteiger partial charge is 0.410 e. The fourth-order valence-electron chi connectivity index (χ4n) is 2.56. The van der Waals surface area contributed by atoms with Crippen LogP contribution in [0.4, 0.5) is 4.79 Å². The molecule has 2 rings (SSSR count). The van der Waals surface area contributed by atoms with Crippen LogP contribution in [-0.4, -0.2) is 37.3 Å². The van der Waals surface area contributed by atoms with Crippen molar-refractivity contribution in [3.05, 3.63) is 35.9 Å². The molecule has 0 aromatic heterocycles. The number of rotatable bonds is 6. The van der Waals surface area contributed by atoms with E-state index < -0.39 is 0 Å². The van der Waals surface area contributed by atoms with E-state index in [-0.39, 0.29) is 6.09 Å². The topological polar surface area (TPSA) is 38.8 Å². The summed E-state index contributed by atoms with van der Waals surface area (Å²) in [5.41, 5.74) is 1.02. The molecule has 1 heterocycles. The van der Waals surface area contributed by atoms with Crippen molar-refractivity contribution in [2.45, 2.75) is 32.8 Å². The highest BCUT2D eigenvalue weighted by Crippen LogP contribution is 2.19. The Labute approximate surface area is 127 Å². The summed E-state index contributed by atoms with van der Waals surface area (Å²) in [5.74, 6) is 0.676. The zero-order valence-corrected chi connectivity index (χ0v) is 12.8. The molecule has 116 valence electrons. The fourth-order valence-corrected chi connectivity index (χ4v) is 2.56. The SMILES string of the molecule is CCN(CCC1CCOCC1)C(=O)OCc1ccccc1. The van der Waals surface area contributed by atoms with Crippen LogP contribution in [0, 0.1) is 5.92 Å². The first-order chi connectivity index (χ1) is 10.3. The highest BCUT2D eigenvalue weighted by molar-refractivity contribution is 5.67. The van der Waals surface area contributed by atoms with Gasteiger partial charge < -0.3 is 14.4 Å². The Morgan fingerprint density at radius 1 is 1.29 bits per heavy atom. The van der Waals surface area contributed by atoms with Gasteiger partial charge in [0, 0.05) is 26.3 Å². The van der Waals surface area contributed by atoms with Crippen LogP contribution in [0.5, 0.6) is 0 Å². The third-order valence-corrected chi connectivity index (χ3v) is 3.99. The molecule has 4 heteroatoms. The van der Waals surface area contributed by atoms with Gasteiger partial charge in [0.1, 0.15) is 6.61 Å². The Hall–Kier alpha value is -1.55. The maximum Gasteiger partial charge on any atom is 0.410 e. The number of hydrogen-bond donors (Lipinski definition) is 0. The monoisotopic (exact) mass is 291 g/mol.